The van der Waals surface area contributed by atoms with Crippen LogP contribution in [0.4, 0.5) is 11.6 Å². The Hall–Kier alpha value is -2.64. The number of nitrogens with zero attached hydrogens (tertiary/aromatic N) is 4. The number of pyridine rings is 1. The Morgan fingerprint density at radius 3 is 2.68 bits per heavy atom. The van der Waals surface area contributed by atoms with Crippen LogP contribution in [-0.2, 0) is 11.2 Å². The summed E-state index contributed by atoms with van der Waals surface area (Å²) >= 11 is 6.60. The molecule has 4 rings (SSSR count). The first-order valence-electron chi connectivity index (χ1n) is 9.23. The number of nitrogen functional groups attached to an aromatic ring is 1. The van der Waals surface area contributed by atoms with Gasteiger partial charge in [0.25, 0.3) is 0 Å². The van der Waals surface area contributed by atoms with Gasteiger partial charge >= 0.3 is 0 Å². The lowest BCUT2D eigenvalue weighted by molar-refractivity contribution is 0.122. The summed E-state index contributed by atoms with van der Waals surface area (Å²) in [6.07, 6.45) is 2.58. The van der Waals surface area contributed by atoms with Crippen molar-refractivity contribution in [3.8, 4) is 17.1 Å². The number of aromatic nitrogens is 3. The molecule has 0 saturated carbocycles. The lowest BCUT2D eigenvalue weighted by Gasteiger charge is -2.27. The van der Waals surface area contributed by atoms with Gasteiger partial charge in [-0.2, -0.15) is 0 Å². The predicted octanol–water partition coefficient (Wildman–Crippen LogP) is 3.34. The summed E-state index contributed by atoms with van der Waals surface area (Å²) in [6.45, 7) is 4.86. The van der Waals surface area contributed by atoms with Crippen LogP contribution in [0.2, 0.25) is 5.02 Å². The summed E-state index contributed by atoms with van der Waals surface area (Å²) in [5, 5.41) is 1.50. The molecule has 1 aliphatic rings. The fraction of sp³-hybridized carbons (Fsp3) is 0.350. The topological polar surface area (TPSA) is 86.4 Å². The number of anilines is 2. The molecular formula is C20H22ClN5O2. The van der Waals surface area contributed by atoms with Gasteiger partial charge in [-0.25, -0.2) is 15.0 Å². The standard InChI is InChI=1S/C20H22ClN5O2/c1-3-12-8-14-17(13-10-16(22)19(27-2)23-11-13)24-20(25-18(14)15(21)9-12)26-4-6-28-7-5-26/h8-11H,3-7,22H2,1-2H3. The van der Waals surface area contributed by atoms with E-state index in [-0.39, 0.29) is 0 Å². The number of aryl methyl sites for hydroxylation is 1. The number of ether oxygens (including phenoxy) is 2. The van der Waals surface area contributed by atoms with Crippen molar-refractivity contribution in [3.05, 3.63) is 35.0 Å². The average molecular weight is 400 g/mol. The second kappa shape index (κ2) is 7.77. The molecule has 2 N–H and O–H groups in total. The maximum atomic E-state index is 6.60. The van der Waals surface area contributed by atoms with Gasteiger partial charge in [0.1, 0.15) is 0 Å². The number of rotatable bonds is 4. The van der Waals surface area contributed by atoms with Crippen molar-refractivity contribution in [2.45, 2.75) is 13.3 Å². The highest BCUT2D eigenvalue weighted by atomic mass is 35.5. The van der Waals surface area contributed by atoms with E-state index in [1.807, 2.05) is 12.1 Å². The molecule has 0 bridgehead atoms. The molecular weight excluding hydrogens is 378 g/mol. The summed E-state index contributed by atoms with van der Waals surface area (Å²) < 4.78 is 10.6. The maximum Gasteiger partial charge on any atom is 0.236 e. The third-order valence-corrected chi connectivity index (χ3v) is 5.14. The lowest BCUT2D eigenvalue weighted by Crippen LogP contribution is -2.37. The van der Waals surface area contributed by atoms with Crippen LogP contribution in [0, 0.1) is 0 Å². The molecule has 1 aromatic carbocycles. The van der Waals surface area contributed by atoms with Gasteiger partial charge in [0, 0.05) is 30.2 Å². The molecule has 2 aromatic heterocycles. The summed E-state index contributed by atoms with van der Waals surface area (Å²) in [5.41, 5.74) is 9.95. The Balaban J connectivity index is 1.95. The number of nitrogens with two attached hydrogens (primary N) is 1. The fourth-order valence-electron chi connectivity index (χ4n) is 3.33. The van der Waals surface area contributed by atoms with Crippen molar-refractivity contribution < 1.29 is 9.47 Å². The number of methoxy groups -OCH3 is 1. The van der Waals surface area contributed by atoms with Gasteiger partial charge in [-0.05, 0) is 30.2 Å². The quantitative estimate of drug-likeness (QED) is 0.719. The molecule has 7 nitrogen and oxygen atoms in total. The molecule has 28 heavy (non-hydrogen) atoms. The van der Waals surface area contributed by atoms with Gasteiger partial charge in [-0.1, -0.05) is 18.5 Å². The van der Waals surface area contributed by atoms with Crippen LogP contribution in [0.3, 0.4) is 0 Å². The summed E-state index contributed by atoms with van der Waals surface area (Å²) in [7, 11) is 1.54. The van der Waals surface area contributed by atoms with E-state index in [4.69, 9.17) is 36.8 Å². The minimum atomic E-state index is 0.391. The van der Waals surface area contributed by atoms with E-state index in [1.165, 1.54) is 0 Å². The molecule has 0 aliphatic carbocycles. The van der Waals surface area contributed by atoms with E-state index in [0.717, 1.165) is 47.2 Å². The second-order valence-corrected chi connectivity index (χ2v) is 7.03. The van der Waals surface area contributed by atoms with E-state index in [2.05, 4.69) is 22.9 Å². The van der Waals surface area contributed by atoms with Gasteiger partial charge in [-0.15, -0.1) is 0 Å². The molecule has 0 radical (unpaired) electrons. The lowest BCUT2D eigenvalue weighted by atomic mass is 10.0. The van der Waals surface area contributed by atoms with E-state index in [0.29, 0.717) is 35.8 Å². The van der Waals surface area contributed by atoms with Gasteiger partial charge in [0.15, 0.2) is 0 Å². The van der Waals surface area contributed by atoms with Gasteiger partial charge in [0.05, 0.1) is 42.2 Å². The highest BCUT2D eigenvalue weighted by Crippen LogP contribution is 2.35. The first-order chi connectivity index (χ1) is 13.6. The van der Waals surface area contributed by atoms with Gasteiger partial charge in [-0.3, -0.25) is 0 Å². The smallest absolute Gasteiger partial charge is 0.236 e. The summed E-state index contributed by atoms with van der Waals surface area (Å²) in [4.78, 5) is 16.1. The molecule has 3 heterocycles. The molecule has 1 saturated heterocycles. The SMILES string of the molecule is CCc1cc(Cl)c2nc(N3CCOCC3)nc(-c3cnc(OC)c(N)c3)c2c1. The first kappa shape index (κ1) is 18.7. The fourth-order valence-corrected chi connectivity index (χ4v) is 3.62. The molecule has 0 spiro atoms. The zero-order chi connectivity index (χ0) is 19.7. The van der Waals surface area contributed by atoms with Crippen molar-refractivity contribution in [1.82, 2.24) is 15.0 Å². The second-order valence-electron chi connectivity index (χ2n) is 6.62. The highest BCUT2D eigenvalue weighted by molar-refractivity contribution is 6.35. The first-order valence-corrected chi connectivity index (χ1v) is 9.61. The van der Waals surface area contributed by atoms with Crippen molar-refractivity contribution >= 4 is 34.1 Å². The molecule has 1 fully saturated rings. The number of fused-ring (bicyclic) bond motifs is 1. The van der Waals surface area contributed by atoms with Crippen LogP contribution in [0.1, 0.15) is 12.5 Å². The largest absolute Gasteiger partial charge is 0.480 e. The summed E-state index contributed by atoms with van der Waals surface area (Å²) in [6, 6.07) is 5.87. The molecule has 8 heteroatoms. The Labute approximate surface area is 168 Å². The molecule has 0 unspecified atom stereocenters. The van der Waals surface area contributed by atoms with Gasteiger partial charge < -0.3 is 20.1 Å². The van der Waals surface area contributed by atoms with Crippen LogP contribution in [0.15, 0.2) is 24.4 Å². The molecule has 0 atom stereocenters. The van der Waals surface area contributed by atoms with E-state index in [1.54, 1.807) is 13.3 Å². The van der Waals surface area contributed by atoms with E-state index < -0.39 is 0 Å². The maximum absolute atomic E-state index is 6.60. The monoisotopic (exact) mass is 399 g/mol. The number of benzene rings is 1. The molecule has 1 aliphatic heterocycles. The van der Waals surface area contributed by atoms with Crippen molar-refractivity contribution in [2.75, 3.05) is 44.0 Å². The number of halogens is 1. The van der Waals surface area contributed by atoms with Crippen molar-refractivity contribution in [3.63, 3.8) is 0 Å². The van der Waals surface area contributed by atoms with Crippen LogP contribution in [0.5, 0.6) is 5.88 Å². The number of hydrogen-bond donors (Lipinski definition) is 1. The van der Waals surface area contributed by atoms with E-state index >= 15 is 0 Å². The Kier molecular flexibility index (Phi) is 5.19. The normalized spacial score (nSPS) is 14.5. The van der Waals surface area contributed by atoms with Crippen LogP contribution in [-0.4, -0.2) is 48.4 Å². The predicted molar refractivity (Wildman–Crippen MR) is 111 cm³/mol. The third-order valence-electron chi connectivity index (χ3n) is 4.85. The van der Waals surface area contributed by atoms with Crippen molar-refractivity contribution in [1.29, 1.82) is 0 Å². The third kappa shape index (κ3) is 3.43. The zero-order valence-electron chi connectivity index (χ0n) is 15.9. The van der Waals surface area contributed by atoms with Crippen molar-refractivity contribution in [2.24, 2.45) is 0 Å². The molecule has 0 amide bonds. The van der Waals surface area contributed by atoms with Gasteiger partial charge in [0.2, 0.25) is 11.8 Å². The number of hydrogen-bond acceptors (Lipinski definition) is 7. The average Bonchev–Trinajstić information content (AvgIpc) is 2.73. The summed E-state index contributed by atoms with van der Waals surface area (Å²) in [5.74, 6) is 1.02. The Morgan fingerprint density at radius 2 is 2.00 bits per heavy atom. The molecule has 146 valence electrons. The number of morpholine rings is 1. The van der Waals surface area contributed by atoms with E-state index in [9.17, 15) is 0 Å². The highest BCUT2D eigenvalue weighted by Gasteiger charge is 2.20. The zero-order valence-corrected chi connectivity index (χ0v) is 16.7. The minimum Gasteiger partial charge on any atom is -0.480 e. The van der Waals surface area contributed by atoms with Crippen LogP contribution < -0.4 is 15.4 Å². The Morgan fingerprint density at radius 1 is 1.21 bits per heavy atom. The molecule has 3 aromatic rings. The minimum absolute atomic E-state index is 0.391. The van der Waals surface area contributed by atoms with Crippen LogP contribution >= 0.6 is 11.6 Å². The Bertz CT molecular complexity index is 1020. The van der Waals surface area contributed by atoms with Crippen LogP contribution in [0.25, 0.3) is 22.2 Å².